The summed E-state index contributed by atoms with van der Waals surface area (Å²) < 4.78 is 15.8. The van der Waals surface area contributed by atoms with Gasteiger partial charge in [0.15, 0.2) is 0 Å². The smallest absolute Gasteiger partial charge is 0.414 e. The van der Waals surface area contributed by atoms with Crippen molar-refractivity contribution < 1.29 is 43.0 Å². The first kappa shape index (κ1) is 41.1. The molecule has 14 nitrogen and oxygen atoms in total. The lowest BCUT2D eigenvalue weighted by molar-refractivity contribution is -0.144. The van der Waals surface area contributed by atoms with E-state index in [1.165, 1.54) is 12.1 Å². The van der Waals surface area contributed by atoms with Crippen LogP contribution in [0.15, 0.2) is 70.1 Å². The number of carbonyl (C=O) groups excluding carboxylic acids is 6. The van der Waals surface area contributed by atoms with Crippen LogP contribution >= 0.6 is 15.9 Å². The van der Waals surface area contributed by atoms with Crippen molar-refractivity contribution in [3.63, 3.8) is 0 Å². The molecule has 278 valence electrons. The Labute approximate surface area is 310 Å². The van der Waals surface area contributed by atoms with Gasteiger partial charge in [-0.2, -0.15) is 0 Å². The number of halogens is 1. The van der Waals surface area contributed by atoms with Gasteiger partial charge >= 0.3 is 18.2 Å². The minimum atomic E-state index is -1.19. The number of anilines is 1. The fraction of sp³-hybridized carbons (Fsp3) is 0.378. The number of amides is 4. The minimum Gasteiger partial charge on any atom is -0.467 e. The molecule has 4 N–H and O–H groups in total. The van der Waals surface area contributed by atoms with Gasteiger partial charge in [0.05, 0.1) is 18.4 Å². The van der Waals surface area contributed by atoms with E-state index >= 15 is 0 Å². The number of alkyl carbamates (subject to hydrolysis) is 2. The maximum absolute atomic E-state index is 13.4. The molecule has 0 aliphatic carbocycles. The van der Waals surface area contributed by atoms with E-state index < -0.39 is 53.0 Å². The summed E-state index contributed by atoms with van der Waals surface area (Å²) >= 11 is 3.31. The van der Waals surface area contributed by atoms with Crippen LogP contribution in [0.25, 0.3) is 10.8 Å². The molecular weight excluding hydrogens is 738 g/mol. The van der Waals surface area contributed by atoms with Crippen molar-refractivity contribution in [3.05, 3.63) is 76.3 Å². The molecule has 4 amide bonds. The van der Waals surface area contributed by atoms with E-state index in [1.807, 2.05) is 30.3 Å². The summed E-state index contributed by atoms with van der Waals surface area (Å²) in [6.45, 7) is 10.2. The van der Waals surface area contributed by atoms with Crippen molar-refractivity contribution in [1.82, 2.24) is 16.0 Å². The number of ketones is 1. The number of benzene rings is 3. The summed E-state index contributed by atoms with van der Waals surface area (Å²) in [5.74, 6) is -3.53. The highest BCUT2D eigenvalue weighted by Crippen LogP contribution is 2.24. The molecule has 1 atom stereocenters. The number of fused-ring (bicyclic) bond motifs is 1. The Kier molecular flexibility index (Phi) is 14.4. The van der Waals surface area contributed by atoms with Gasteiger partial charge in [-0.1, -0.05) is 46.3 Å². The van der Waals surface area contributed by atoms with Crippen LogP contribution in [0.1, 0.15) is 81.5 Å². The van der Waals surface area contributed by atoms with Crippen LogP contribution in [-0.4, -0.2) is 72.6 Å². The number of hydrogen-bond donors (Lipinski definition) is 4. The lowest BCUT2D eigenvalue weighted by Crippen LogP contribution is -2.47. The summed E-state index contributed by atoms with van der Waals surface area (Å²) in [6, 6.07) is 16.1. The van der Waals surface area contributed by atoms with Crippen molar-refractivity contribution in [2.24, 2.45) is 4.99 Å². The number of methoxy groups -OCH3 is 1. The summed E-state index contributed by atoms with van der Waals surface area (Å²) in [5.41, 5.74) is -1.25. The standard InChI is InChI=1S/C37H44BrN5O9/c1-36(2,3)51-34(48)42-33(43-35(49)52-37(4,5)6)39-19-11-10-14-28(32(47)50-7)41-31(46)29(44)26-21-25(38)17-18-27(26)40-30(45)24-16-15-22-12-8-9-13-23(22)20-24/h8-9,12-13,15-18,20-21,28H,10-11,14,19H2,1-7H3,(H,40,45)(H,41,46)(H2,39,42,43,48,49)/t28-/m0/s1. The highest BCUT2D eigenvalue weighted by atomic mass is 79.9. The second-order valence-electron chi connectivity index (χ2n) is 13.6. The fourth-order valence-corrected chi connectivity index (χ4v) is 5.00. The van der Waals surface area contributed by atoms with Gasteiger partial charge in [-0.25, -0.2) is 14.4 Å². The Morgan fingerprint density at radius 1 is 0.788 bits per heavy atom. The Bertz CT molecular complexity index is 1810. The van der Waals surface area contributed by atoms with Crippen molar-refractivity contribution in [2.45, 2.75) is 78.0 Å². The molecule has 0 heterocycles. The Hall–Kier alpha value is -5.31. The molecule has 52 heavy (non-hydrogen) atoms. The Morgan fingerprint density at radius 2 is 1.40 bits per heavy atom. The molecular formula is C37H44BrN5O9. The van der Waals surface area contributed by atoms with E-state index in [4.69, 9.17) is 14.2 Å². The third-order valence-corrected chi connectivity index (χ3v) is 7.39. The van der Waals surface area contributed by atoms with Crippen molar-refractivity contribution in [2.75, 3.05) is 19.0 Å². The van der Waals surface area contributed by atoms with Gasteiger partial charge in [0.2, 0.25) is 5.96 Å². The van der Waals surface area contributed by atoms with E-state index in [9.17, 15) is 28.8 Å². The van der Waals surface area contributed by atoms with E-state index in [0.717, 1.165) is 17.9 Å². The first-order chi connectivity index (χ1) is 24.3. The van der Waals surface area contributed by atoms with Crippen molar-refractivity contribution >= 4 is 74.1 Å². The molecule has 3 aromatic carbocycles. The second kappa shape index (κ2) is 18.3. The van der Waals surface area contributed by atoms with Crippen LogP contribution in [-0.2, 0) is 23.8 Å². The Balaban J connectivity index is 1.67. The molecule has 0 spiro atoms. The molecule has 0 saturated heterocycles. The number of Topliss-reactive ketones (excluding diaryl/α,β-unsaturated/α-hetero) is 1. The number of aliphatic imine (C=N–C) groups is 1. The molecule has 0 bridgehead atoms. The van der Waals surface area contributed by atoms with Gasteiger partial charge < -0.3 is 24.8 Å². The van der Waals surface area contributed by atoms with Crippen LogP contribution in [0.4, 0.5) is 15.3 Å². The first-order valence-corrected chi connectivity index (χ1v) is 17.2. The quantitative estimate of drug-likeness (QED) is 0.0330. The zero-order valence-corrected chi connectivity index (χ0v) is 31.8. The van der Waals surface area contributed by atoms with Gasteiger partial charge in [-0.3, -0.25) is 30.0 Å². The average molecular weight is 783 g/mol. The van der Waals surface area contributed by atoms with E-state index in [1.54, 1.807) is 59.7 Å². The number of nitrogens with one attached hydrogen (secondary N) is 4. The average Bonchev–Trinajstić information content (AvgIpc) is 3.05. The first-order valence-electron chi connectivity index (χ1n) is 16.4. The monoisotopic (exact) mass is 781 g/mol. The van der Waals surface area contributed by atoms with Gasteiger partial charge in [-0.15, -0.1) is 0 Å². The largest absolute Gasteiger partial charge is 0.467 e. The number of carbonyl (C=O) groups is 6. The van der Waals surface area contributed by atoms with E-state index in [2.05, 4.69) is 42.2 Å². The van der Waals surface area contributed by atoms with E-state index in [-0.39, 0.29) is 30.2 Å². The van der Waals surface area contributed by atoms with Crippen molar-refractivity contribution in [1.29, 1.82) is 0 Å². The van der Waals surface area contributed by atoms with E-state index in [0.29, 0.717) is 22.9 Å². The van der Waals surface area contributed by atoms with Crippen molar-refractivity contribution in [3.8, 4) is 0 Å². The highest BCUT2D eigenvalue weighted by Gasteiger charge is 2.28. The topological polar surface area (TPSA) is 191 Å². The molecule has 0 radical (unpaired) electrons. The molecule has 0 aliphatic rings. The third kappa shape index (κ3) is 13.4. The maximum Gasteiger partial charge on any atom is 0.414 e. The zero-order valence-electron chi connectivity index (χ0n) is 30.2. The SMILES string of the molecule is COC(=O)[C@H](CCCCN=C(NC(=O)OC(C)(C)C)NC(=O)OC(C)(C)C)NC(=O)C(=O)c1cc(Br)ccc1NC(=O)c1ccc2ccccc2c1. The predicted molar refractivity (Wildman–Crippen MR) is 199 cm³/mol. The summed E-state index contributed by atoms with van der Waals surface area (Å²) in [7, 11) is 1.15. The number of unbranched alkanes of at least 4 members (excludes halogenated alkanes) is 1. The maximum atomic E-state index is 13.4. The third-order valence-electron chi connectivity index (χ3n) is 6.89. The van der Waals surface area contributed by atoms with Gasteiger partial charge in [0, 0.05) is 16.6 Å². The molecule has 0 fully saturated rings. The predicted octanol–water partition coefficient (Wildman–Crippen LogP) is 6.27. The number of guanidine groups is 1. The molecule has 3 rings (SSSR count). The zero-order chi connectivity index (χ0) is 38.6. The van der Waals surface area contributed by atoms with Crippen LogP contribution < -0.4 is 21.3 Å². The summed E-state index contributed by atoms with van der Waals surface area (Å²) in [4.78, 5) is 81.3. The normalized spacial score (nSPS) is 11.8. The summed E-state index contributed by atoms with van der Waals surface area (Å²) in [6.07, 6.45) is -0.971. The minimum absolute atomic E-state index is 0.0690. The Morgan fingerprint density at radius 3 is 2.00 bits per heavy atom. The van der Waals surface area contributed by atoms with Crippen LogP contribution in [0.5, 0.6) is 0 Å². The molecule has 0 unspecified atom stereocenters. The van der Waals surface area contributed by atoms with Gasteiger partial charge in [0.1, 0.15) is 17.2 Å². The number of ether oxygens (including phenoxy) is 3. The number of esters is 1. The fourth-order valence-electron chi connectivity index (χ4n) is 4.64. The van der Waals surface area contributed by atoms with Crippen LogP contribution in [0, 0.1) is 0 Å². The second-order valence-corrected chi connectivity index (χ2v) is 14.5. The molecule has 0 aromatic heterocycles. The molecule has 15 heteroatoms. The highest BCUT2D eigenvalue weighted by molar-refractivity contribution is 9.10. The lowest BCUT2D eigenvalue weighted by Gasteiger charge is -2.22. The number of hydrogen-bond acceptors (Lipinski definition) is 10. The van der Waals surface area contributed by atoms with Crippen LogP contribution in [0.3, 0.4) is 0 Å². The van der Waals surface area contributed by atoms with Gasteiger partial charge in [0.25, 0.3) is 17.6 Å². The molecule has 0 aliphatic heterocycles. The molecule has 0 saturated carbocycles. The number of rotatable bonds is 11. The lowest BCUT2D eigenvalue weighted by atomic mass is 10.0. The summed E-state index contributed by atoms with van der Waals surface area (Å²) in [5, 5.41) is 11.7. The van der Waals surface area contributed by atoms with Crippen LogP contribution in [0.2, 0.25) is 0 Å². The van der Waals surface area contributed by atoms with Gasteiger partial charge in [-0.05, 0) is 102 Å². The number of nitrogens with zero attached hydrogens (tertiary/aromatic N) is 1. The molecule has 3 aromatic rings.